The molecule has 8 unspecified atom stereocenters. The number of alkyl halides is 3. The molecule has 4 fully saturated rings. The molecule has 4 aliphatic rings. The van der Waals surface area contributed by atoms with Gasteiger partial charge in [0.1, 0.15) is 0 Å². The number of halogens is 3. The summed E-state index contributed by atoms with van der Waals surface area (Å²) < 4.78 is 42.2. The highest BCUT2D eigenvalue weighted by molar-refractivity contribution is 5.10. The minimum atomic E-state index is -4.00. The Hall–Kier alpha value is -0.720. The van der Waals surface area contributed by atoms with Crippen molar-refractivity contribution < 1.29 is 13.2 Å². The number of hydrogen-bond donors (Lipinski definition) is 0. The van der Waals surface area contributed by atoms with Gasteiger partial charge in [-0.15, -0.1) is 0 Å². The van der Waals surface area contributed by atoms with Gasteiger partial charge in [0, 0.05) is 6.92 Å². The highest BCUT2D eigenvalue weighted by Crippen LogP contribution is 2.69. The zero-order valence-corrected chi connectivity index (χ0v) is 15.1. The number of fused-ring (bicyclic) bond motifs is 4. The Morgan fingerprint density at radius 3 is 2.12 bits per heavy atom. The zero-order valence-electron chi connectivity index (χ0n) is 15.1. The Morgan fingerprint density at radius 1 is 1.04 bits per heavy atom. The molecule has 0 N–H and O–H groups in total. The van der Waals surface area contributed by atoms with Crippen molar-refractivity contribution in [2.45, 2.75) is 71.9 Å². The summed E-state index contributed by atoms with van der Waals surface area (Å²) in [6.45, 7) is 5.68. The van der Waals surface area contributed by atoms with Crippen molar-refractivity contribution in [3.8, 4) is 6.07 Å². The molecule has 0 aromatic carbocycles. The van der Waals surface area contributed by atoms with E-state index in [0.29, 0.717) is 36.5 Å². The maximum atomic E-state index is 14.1. The van der Waals surface area contributed by atoms with Gasteiger partial charge in [0.15, 0.2) is 0 Å². The van der Waals surface area contributed by atoms with Crippen LogP contribution in [-0.2, 0) is 0 Å². The Labute approximate surface area is 144 Å². The highest BCUT2D eigenvalue weighted by atomic mass is 19.4. The summed E-state index contributed by atoms with van der Waals surface area (Å²) in [5.41, 5.74) is -1.33. The summed E-state index contributed by atoms with van der Waals surface area (Å²) in [7, 11) is 0. The third-order valence-corrected chi connectivity index (χ3v) is 8.18. The van der Waals surface area contributed by atoms with Crippen LogP contribution in [0.2, 0.25) is 0 Å². The van der Waals surface area contributed by atoms with E-state index in [1.165, 1.54) is 26.2 Å². The SMILES string of the molecule is CC#N.CC1C2CC(C1C)C(CC1CC3CCC1C3)(C(F)(F)F)C2. The lowest BCUT2D eigenvalue weighted by molar-refractivity contribution is -0.256. The molecule has 0 aromatic rings. The fourth-order valence-corrected chi connectivity index (χ4v) is 6.94. The molecule has 8 atom stereocenters. The van der Waals surface area contributed by atoms with Gasteiger partial charge >= 0.3 is 6.18 Å². The molecular formula is C20H30F3N. The van der Waals surface area contributed by atoms with Crippen LogP contribution in [0.3, 0.4) is 0 Å². The lowest BCUT2D eigenvalue weighted by Crippen LogP contribution is -2.48. The van der Waals surface area contributed by atoms with E-state index in [2.05, 4.69) is 13.8 Å². The van der Waals surface area contributed by atoms with E-state index in [9.17, 15) is 13.2 Å². The van der Waals surface area contributed by atoms with Crippen LogP contribution in [0, 0.1) is 58.2 Å². The maximum Gasteiger partial charge on any atom is 0.394 e. The van der Waals surface area contributed by atoms with Gasteiger partial charge in [-0.2, -0.15) is 18.4 Å². The molecule has 136 valence electrons. The van der Waals surface area contributed by atoms with Crippen LogP contribution < -0.4 is 0 Å². The van der Waals surface area contributed by atoms with E-state index >= 15 is 0 Å². The van der Waals surface area contributed by atoms with E-state index in [1.807, 2.05) is 0 Å². The lowest BCUT2D eigenvalue weighted by atomic mass is 9.60. The van der Waals surface area contributed by atoms with Crippen LogP contribution in [0.15, 0.2) is 0 Å². The van der Waals surface area contributed by atoms with E-state index in [0.717, 1.165) is 18.8 Å². The number of nitrogens with zero attached hydrogens (tertiary/aromatic N) is 1. The van der Waals surface area contributed by atoms with Crippen LogP contribution in [0.5, 0.6) is 0 Å². The molecule has 24 heavy (non-hydrogen) atoms. The Bertz CT molecular complexity index is 506. The first-order valence-electron chi connectivity index (χ1n) is 9.61. The van der Waals surface area contributed by atoms with Crippen molar-refractivity contribution in [1.29, 1.82) is 5.26 Å². The number of rotatable bonds is 2. The van der Waals surface area contributed by atoms with Gasteiger partial charge in [0.2, 0.25) is 0 Å². The van der Waals surface area contributed by atoms with Gasteiger partial charge in [-0.25, -0.2) is 0 Å². The largest absolute Gasteiger partial charge is 0.394 e. The second kappa shape index (κ2) is 6.22. The van der Waals surface area contributed by atoms with Crippen LogP contribution in [-0.4, -0.2) is 6.18 Å². The fourth-order valence-electron chi connectivity index (χ4n) is 6.94. The van der Waals surface area contributed by atoms with E-state index in [4.69, 9.17) is 5.26 Å². The van der Waals surface area contributed by atoms with Gasteiger partial charge in [-0.05, 0) is 80.0 Å². The molecule has 4 aliphatic carbocycles. The molecule has 0 radical (unpaired) electrons. The van der Waals surface area contributed by atoms with Crippen LogP contribution in [0.25, 0.3) is 0 Å². The molecule has 0 aromatic heterocycles. The quantitative estimate of drug-likeness (QED) is 0.586. The standard InChI is InChI=1S/C18H27F3.C2H3N/c1-10-11(2)16-7-14(10)8-17(16,18(19,20)21)9-15-6-12-3-4-13(15)5-12;1-2-3/h10-16H,3-9H2,1-2H3;1H3. The minimum absolute atomic E-state index is 0.100. The first-order chi connectivity index (χ1) is 11.2. The first-order valence-corrected chi connectivity index (χ1v) is 9.61. The van der Waals surface area contributed by atoms with Gasteiger partial charge in [0.25, 0.3) is 0 Å². The van der Waals surface area contributed by atoms with Crippen LogP contribution in [0.1, 0.15) is 65.7 Å². The summed E-state index contributed by atoms with van der Waals surface area (Å²) in [6.07, 6.45) is 2.51. The lowest BCUT2D eigenvalue weighted by Gasteiger charge is -2.46. The summed E-state index contributed by atoms with van der Waals surface area (Å²) in [4.78, 5) is 0. The van der Waals surface area contributed by atoms with Gasteiger partial charge in [-0.1, -0.05) is 20.3 Å². The van der Waals surface area contributed by atoms with Crippen LogP contribution in [0.4, 0.5) is 13.2 Å². The van der Waals surface area contributed by atoms with Crippen molar-refractivity contribution in [1.82, 2.24) is 0 Å². The summed E-state index contributed by atoms with van der Waals surface area (Å²) in [5.74, 6) is 2.70. The first kappa shape index (κ1) is 18.1. The second-order valence-corrected chi connectivity index (χ2v) is 9.04. The maximum absolute atomic E-state index is 14.1. The average Bonchev–Trinajstić information content (AvgIpc) is 3.22. The number of nitriles is 1. The van der Waals surface area contributed by atoms with E-state index < -0.39 is 11.6 Å². The molecule has 0 amide bonds. The van der Waals surface area contributed by atoms with E-state index in [1.54, 1.807) is 6.07 Å². The summed E-state index contributed by atoms with van der Waals surface area (Å²) in [5, 5.41) is 7.32. The van der Waals surface area contributed by atoms with Gasteiger partial charge in [-0.3, -0.25) is 0 Å². The molecule has 4 bridgehead atoms. The molecule has 1 nitrogen and oxygen atoms in total. The fraction of sp³-hybridized carbons (Fsp3) is 0.950. The van der Waals surface area contributed by atoms with E-state index in [-0.39, 0.29) is 11.8 Å². The van der Waals surface area contributed by atoms with Crippen molar-refractivity contribution >= 4 is 0 Å². The third-order valence-electron chi connectivity index (χ3n) is 8.18. The second-order valence-electron chi connectivity index (χ2n) is 9.04. The molecule has 4 rings (SSSR count). The smallest absolute Gasteiger partial charge is 0.199 e. The molecule has 4 saturated carbocycles. The minimum Gasteiger partial charge on any atom is -0.199 e. The molecule has 0 aliphatic heterocycles. The topological polar surface area (TPSA) is 23.8 Å². The number of hydrogen-bond acceptors (Lipinski definition) is 1. The predicted octanol–water partition coefficient (Wildman–Crippen LogP) is 6.20. The van der Waals surface area contributed by atoms with Crippen molar-refractivity contribution in [2.24, 2.45) is 46.8 Å². The van der Waals surface area contributed by atoms with Gasteiger partial charge < -0.3 is 0 Å². The third kappa shape index (κ3) is 2.67. The normalized spacial score (nSPS) is 49.0. The zero-order chi connectivity index (χ0) is 17.7. The molecule has 4 heteroatoms. The molecule has 0 saturated heterocycles. The van der Waals surface area contributed by atoms with Crippen molar-refractivity contribution in [2.75, 3.05) is 0 Å². The van der Waals surface area contributed by atoms with Gasteiger partial charge in [0.05, 0.1) is 11.5 Å². The molecule has 0 spiro atoms. The van der Waals surface area contributed by atoms with Crippen LogP contribution >= 0.6 is 0 Å². The summed E-state index contributed by atoms with van der Waals surface area (Å²) in [6, 6.07) is 1.75. The highest BCUT2D eigenvalue weighted by Gasteiger charge is 2.69. The Morgan fingerprint density at radius 2 is 1.71 bits per heavy atom. The van der Waals surface area contributed by atoms with Crippen molar-refractivity contribution in [3.05, 3.63) is 0 Å². The Kier molecular flexibility index (Phi) is 4.69. The summed E-state index contributed by atoms with van der Waals surface area (Å²) >= 11 is 0. The molecular weight excluding hydrogens is 311 g/mol. The predicted molar refractivity (Wildman–Crippen MR) is 87.9 cm³/mol. The average molecular weight is 341 g/mol. The molecule has 0 heterocycles. The monoisotopic (exact) mass is 341 g/mol. The Balaban J connectivity index is 0.000000526. The van der Waals surface area contributed by atoms with Crippen molar-refractivity contribution in [3.63, 3.8) is 0 Å².